The van der Waals surface area contributed by atoms with Crippen molar-refractivity contribution >= 4 is 11.6 Å². The third-order valence-corrected chi connectivity index (χ3v) is 13.4. The summed E-state index contributed by atoms with van der Waals surface area (Å²) in [5.41, 5.74) is -0.643. The van der Waals surface area contributed by atoms with Gasteiger partial charge in [-0.1, -0.05) is 60.1 Å². The van der Waals surface area contributed by atoms with Gasteiger partial charge >= 0.3 is 0 Å². The minimum absolute atomic E-state index is 0.0411. The number of aromatic nitrogens is 2. The molecule has 7 nitrogen and oxygen atoms in total. The lowest BCUT2D eigenvalue weighted by molar-refractivity contribution is -0.166. The lowest BCUT2D eigenvalue weighted by atomic mass is 9.34. The lowest BCUT2D eigenvalue weighted by Crippen LogP contribution is -2.64. The Morgan fingerprint density at radius 1 is 1.02 bits per heavy atom. The molecule has 0 saturated heterocycles. The molecule has 0 bridgehead atoms. The Morgan fingerprint density at radius 3 is 2.34 bits per heavy atom. The van der Waals surface area contributed by atoms with Gasteiger partial charge in [-0.25, -0.2) is 0 Å². The first-order chi connectivity index (χ1) is 19.0. The molecule has 220 valence electrons. The Kier molecular flexibility index (Phi) is 5.91. The molecule has 1 aromatic heterocycles. The van der Waals surface area contributed by atoms with E-state index in [9.17, 15) is 20.0 Å². The molecule has 5 aliphatic carbocycles. The minimum atomic E-state index is -0.817. The molecule has 3 fully saturated rings. The Labute approximate surface area is 243 Å². The van der Waals surface area contributed by atoms with Crippen molar-refractivity contribution in [1.82, 2.24) is 10.2 Å². The van der Waals surface area contributed by atoms with Crippen molar-refractivity contribution in [2.45, 2.75) is 112 Å². The van der Waals surface area contributed by atoms with Crippen molar-refractivity contribution in [3.63, 3.8) is 0 Å². The predicted molar refractivity (Wildman–Crippen MR) is 153 cm³/mol. The van der Waals surface area contributed by atoms with Crippen LogP contribution in [0.5, 0.6) is 0 Å². The van der Waals surface area contributed by atoms with Crippen LogP contribution < -0.4 is 0 Å². The quantitative estimate of drug-likeness (QED) is 0.434. The predicted octanol–water partition coefficient (Wildman–Crippen LogP) is 6.59. The highest BCUT2D eigenvalue weighted by Crippen LogP contribution is 2.74. The molecule has 1 heterocycles. The summed E-state index contributed by atoms with van der Waals surface area (Å²) >= 11 is 0. The molecule has 3 saturated carbocycles. The van der Waals surface area contributed by atoms with Gasteiger partial charge in [0.25, 0.3) is 0 Å². The normalized spacial score (nSPS) is 45.7. The molecule has 0 spiro atoms. The molecule has 7 heteroatoms. The Morgan fingerprint density at radius 2 is 1.71 bits per heavy atom. The number of allylic oxidation sites excluding steroid dienone is 4. The summed E-state index contributed by atoms with van der Waals surface area (Å²) in [4.78, 5) is 27.8. The average molecular weight is 560 g/mol. The molecular weight excluding hydrogens is 514 g/mol. The fraction of sp³-hybridized carbons (Fsp3) is 0.735. The standard InChI is InChI=1S/C34H45N3O4/c1-19(38)27-36-37-28(41-27)31(5)12-11-30(4)13-14-34(8)25(21(30)17-31)22(39)15-24-32(6)16-20(18-35)26(40)29(2,3)23(32)9-10-33(24,34)7/h15-16,19,21,23,25,38H,9-14,17H2,1-8H3/t19-,21-,23-,25?,30+,31-,32-,33+,34+/m0/s1. The Hall–Kier alpha value is -2.59. The molecule has 9 atom stereocenters. The second-order valence-electron chi connectivity index (χ2n) is 15.9. The van der Waals surface area contributed by atoms with Crippen molar-refractivity contribution in [2.24, 2.45) is 44.8 Å². The van der Waals surface area contributed by atoms with Crippen molar-refractivity contribution in [2.75, 3.05) is 0 Å². The zero-order valence-electron chi connectivity index (χ0n) is 25.9. The van der Waals surface area contributed by atoms with E-state index in [1.165, 1.54) is 0 Å². The number of Topliss-reactive ketones (excluding diaryl/α,β-unsaturated/α-hetero) is 1. The van der Waals surface area contributed by atoms with Crippen LogP contribution in [0.15, 0.2) is 27.7 Å². The van der Waals surface area contributed by atoms with E-state index in [1.54, 1.807) is 6.92 Å². The van der Waals surface area contributed by atoms with Gasteiger partial charge in [-0.15, -0.1) is 10.2 Å². The van der Waals surface area contributed by atoms with Crippen LogP contribution in [0.25, 0.3) is 0 Å². The number of carbonyl (C=O) groups excluding carboxylic acids is 2. The summed E-state index contributed by atoms with van der Waals surface area (Å²) in [5.74, 6) is 0.979. The second-order valence-corrected chi connectivity index (χ2v) is 15.9. The molecule has 6 rings (SSSR count). The van der Waals surface area contributed by atoms with Gasteiger partial charge in [0.05, 0.1) is 5.57 Å². The van der Waals surface area contributed by atoms with Crippen LogP contribution in [-0.2, 0) is 15.0 Å². The number of ketones is 2. The number of nitriles is 1. The van der Waals surface area contributed by atoms with E-state index in [2.05, 4.69) is 50.9 Å². The van der Waals surface area contributed by atoms with Crippen LogP contribution in [0.1, 0.15) is 118 Å². The zero-order chi connectivity index (χ0) is 30.0. The fourth-order valence-electron chi connectivity index (χ4n) is 10.6. The van der Waals surface area contributed by atoms with Gasteiger partial charge in [0.1, 0.15) is 12.2 Å². The van der Waals surface area contributed by atoms with E-state index in [4.69, 9.17) is 4.42 Å². The van der Waals surface area contributed by atoms with Crippen LogP contribution in [-0.4, -0.2) is 26.9 Å². The second kappa shape index (κ2) is 8.49. The maximum Gasteiger partial charge on any atom is 0.244 e. The molecule has 1 aromatic rings. The maximum absolute atomic E-state index is 14.5. The first-order valence-electron chi connectivity index (χ1n) is 15.4. The molecular formula is C34H45N3O4. The van der Waals surface area contributed by atoms with Gasteiger partial charge < -0.3 is 9.52 Å². The number of aliphatic hydroxyl groups excluding tert-OH is 1. The summed E-state index contributed by atoms with van der Waals surface area (Å²) in [6.45, 7) is 17.0. The smallest absolute Gasteiger partial charge is 0.244 e. The van der Waals surface area contributed by atoms with E-state index in [1.807, 2.05) is 26.0 Å². The van der Waals surface area contributed by atoms with E-state index in [0.717, 1.165) is 50.5 Å². The van der Waals surface area contributed by atoms with Crippen LogP contribution in [0, 0.1) is 56.2 Å². The highest BCUT2D eigenvalue weighted by Gasteiger charge is 2.69. The summed E-state index contributed by atoms with van der Waals surface area (Å²) in [5, 5.41) is 28.4. The number of nitrogens with zero attached hydrogens (tertiary/aromatic N) is 3. The summed E-state index contributed by atoms with van der Waals surface area (Å²) < 4.78 is 5.99. The monoisotopic (exact) mass is 559 g/mol. The van der Waals surface area contributed by atoms with Crippen molar-refractivity contribution < 1.29 is 19.1 Å². The topological polar surface area (TPSA) is 117 Å². The molecule has 0 aliphatic heterocycles. The zero-order valence-corrected chi connectivity index (χ0v) is 25.9. The fourth-order valence-corrected chi connectivity index (χ4v) is 10.6. The molecule has 0 amide bonds. The van der Waals surface area contributed by atoms with E-state index < -0.39 is 16.9 Å². The lowest BCUT2D eigenvalue weighted by Gasteiger charge is -2.69. The van der Waals surface area contributed by atoms with Crippen molar-refractivity contribution in [1.29, 1.82) is 5.26 Å². The van der Waals surface area contributed by atoms with Crippen molar-refractivity contribution in [3.05, 3.63) is 35.1 Å². The van der Waals surface area contributed by atoms with E-state index in [-0.39, 0.29) is 62.4 Å². The third kappa shape index (κ3) is 3.52. The van der Waals surface area contributed by atoms with Crippen LogP contribution in [0.4, 0.5) is 0 Å². The van der Waals surface area contributed by atoms with Gasteiger partial charge in [-0.3, -0.25) is 9.59 Å². The van der Waals surface area contributed by atoms with Crippen LogP contribution in [0.3, 0.4) is 0 Å². The molecule has 5 aliphatic rings. The maximum atomic E-state index is 14.5. The molecule has 41 heavy (non-hydrogen) atoms. The molecule has 0 radical (unpaired) electrons. The summed E-state index contributed by atoms with van der Waals surface area (Å²) in [6, 6.07) is 2.19. The molecule has 1 unspecified atom stereocenters. The van der Waals surface area contributed by atoms with Gasteiger partial charge in [-0.2, -0.15) is 5.26 Å². The van der Waals surface area contributed by atoms with Gasteiger partial charge in [0.15, 0.2) is 11.6 Å². The van der Waals surface area contributed by atoms with Gasteiger partial charge in [-0.05, 0) is 86.0 Å². The average Bonchev–Trinajstić information content (AvgIpc) is 3.41. The highest BCUT2D eigenvalue weighted by molar-refractivity contribution is 6.04. The van der Waals surface area contributed by atoms with Crippen molar-refractivity contribution in [3.8, 4) is 6.07 Å². The Bertz CT molecular complexity index is 1450. The van der Waals surface area contributed by atoms with E-state index >= 15 is 0 Å². The van der Waals surface area contributed by atoms with Crippen LogP contribution >= 0.6 is 0 Å². The minimum Gasteiger partial charge on any atom is -0.422 e. The first kappa shape index (κ1) is 28.5. The molecule has 1 N–H and O–H groups in total. The van der Waals surface area contributed by atoms with Gasteiger partial charge in [0, 0.05) is 22.2 Å². The highest BCUT2D eigenvalue weighted by atomic mass is 16.4. The molecule has 0 aromatic carbocycles. The number of hydrogen-bond donors (Lipinski definition) is 1. The number of fused-ring (bicyclic) bond motifs is 7. The van der Waals surface area contributed by atoms with Gasteiger partial charge in [0.2, 0.25) is 11.8 Å². The summed E-state index contributed by atoms with van der Waals surface area (Å²) in [6.07, 6.45) is 9.57. The third-order valence-electron chi connectivity index (χ3n) is 13.4. The van der Waals surface area contributed by atoms with Crippen LogP contribution in [0.2, 0.25) is 0 Å². The van der Waals surface area contributed by atoms with E-state index in [0.29, 0.717) is 5.89 Å². The SMILES string of the molecule is C[C@H](O)c1nnc([C@@]2(C)CC[C@]3(C)CC[C@]4(C)C(C(=O)C=C5[C@@]6(C)C=C(C#N)C(=O)C(C)(C)[C@@H]6CC[C@]54C)[C@@H]3C2)o1. The first-order valence-corrected chi connectivity index (χ1v) is 15.4. The number of carbonyl (C=O) groups is 2. The number of hydrogen-bond acceptors (Lipinski definition) is 7. The Balaban J connectivity index is 1.46. The summed E-state index contributed by atoms with van der Waals surface area (Å²) in [7, 11) is 0. The number of rotatable bonds is 2. The largest absolute Gasteiger partial charge is 0.422 e. The number of aliphatic hydroxyl groups is 1.